The van der Waals surface area contributed by atoms with Crippen LogP contribution in [-0.4, -0.2) is 59.3 Å². The third kappa shape index (κ3) is 10.2. The molecule has 0 saturated heterocycles. The van der Waals surface area contributed by atoms with Gasteiger partial charge in [0.1, 0.15) is 17.7 Å². The zero-order valence-electron chi connectivity index (χ0n) is 23.3. The number of unbranched alkanes of at least 4 members (excludes halogenated alkanes) is 4. The molecule has 1 aromatic rings. The molecule has 0 saturated carbocycles. The number of carbonyl (C=O) groups is 3. The van der Waals surface area contributed by atoms with Gasteiger partial charge in [0.2, 0.25) is 11.8 Å². The number of hydrogen-bond donors (Lipinski definition) is 3. The maximum atomic E-state index is 13.8. The number of hydrogen-bond acceptors (Lipinski definition) is 5. The Morgan fingerprint density at radius 2 is 1.61 bits per heavy atom. The second kappa shape index (κ2) is 15.5. The van der Waals surface area contributed by atoms with Crippen molar-refractivity contribution >= 4 is 17.9 Å². The van der Waals surface area contributed by atoms with Crippen LogP contribution >= 0.6 is 0 Å². The average molecular weight is 506 g/mol. The Balaban J connectivity index is 3.44. The van der Waals surface area contributed by atoms with E-state index in [0.29, 0.717) is 19.5 Å². The number of benzene rings is 1. The molecule has 1 rings (SSSR count). The number of aliphatic hydroxyl groups excluding tert-OH is 1. The van der Waals surface area contributed by atoms with Crippen molar-refractivity contribution in [3.63, 3.8) is 0 Å². The minimum absolute atomic E-state index is 0.265. The molecule has 36 heavy (non-hydrogen) atoms. The van der Waals surface area contributed by atoms with Gasteiger partial charge in [0.25, 0.3) is 0 Å². The highest BCUT2D eigenvalue weighted by atomic mass is 16.6. The van der Waals surface area contributed by atoms with E-state index in [1.165, 1.54) is 4.90 Å². The van der Waals surface area contributed by atoms with E-state index in [-0.39, 0.29) is 5.91 Å². The van der Waals surface area contributed by atoms with Crippen LogP contribution < -0.4 is 10.6 Å². The van der Waals surface area contributed by atoms with Crippen molar-refractivity contribution in [1.82, 2.24) is 15.5 Å². The lowest BCUT2D eigenvalue weighted by Gasteiger charge is -2.35. The van der Waals surface area contributed by atoms with Crippen molar-refractivity contribution in [2.24, 2.45) is 0 Å². The monoisotopic (exact) mass is 505 g/mol. The molecule has 2 unspecified atom stereocenters. The summed E-state index contributed by atoms with van der Waals surface area (Å²) in [5, 5.41) is 15.6. The van der Waals surface area contributed by atoms with Gasteiger partial charge in [-0.1, -0.05) is 57.7 Å². The van der Waals surface area contributed by atoms with Crippen LogP contribution in [-0.2, 0) is 14.3 Å². The van der Waals surface area contributed by atoms with Gasteiger partial charge < -0.3 is 25.4 Å². The zero-order chi connectivity index (χ0) is 27.3. The Labute approximate surface area is 217 Å². The molecule has 0 radical (unpaired) electrons. The lowest BCUT2D eigenvalue weighted by atomic mass is 9.93. The summed E-state index contributed by atoms with van der Waals surface area (Å²) in [5.74, 6) is -0.781. The summed E-state index contributed by atoms with van der Waals surface area (Å²) in [7, 11) is 0. The molecule has 8 nitrogen and oxygen atoms in total. The quantitative estimate of drug-likeness (QED) is 0.321. The first-order valence-corrected chi connectivity index (χ1v) is 13.2. The number of ether oxygens (including phenoxy) is 1. The first-order valence-electron chi connectivity index (χ1n) is 13.2. The molecule has 0 aliphatic rings. The molecule has 0 aromatic heterocycles. The number of rotatable bonds is 14. The minimum Gasteiger partial charge on any atom is -0.444 e. The van der Waals surface area contributed by atoms with Crippen LogP contribution in [0.1, 0.15) is 95.9 Å². The van der Waals surface area contributed by atoms with E-state index in [2.05, 4.69) is 17.6 Å². The molecule has 0 aliphatic heterocycles. The van der Waals surface area contributed by atoms with Gasteiger partial charge in [-0.05, 0) is 64.2 Å². The predicted molar refractivity (Wildman–Crippen MR) is 143 cm³/mol. The zero-order valence-corrected chi connectivity index (χ0v) is 23.3. The van der Waals surface area contributed by atoms with E-state index >= 15 is 0 Å². The second-order valence-electron chi connectivity index (χ2n) is 10.3. The summed E-state index contributed by atoms with van der Waals surface area (Å²) in [5.41, 5.74) is 1.81. The highest BCUT2D eigenvalue weighted by Gasteiger charge is 2.37. The molecule has 2 atom stereocenters. The third-order valence-electron chi connectivity index (χ3n) is 5.91. The molecule has 0 heterocycles. The fourth-order valence-corrected chi connectivity index (χ4v) is 4.08. The van der Waals surface area contributed by atoms with Gasteiger partial charge in [0.05, 0.1) is 6.61 Å². The SMILES string of the molecule is CCCCCCN(C(=O)C(CO)NC(=O)OC(C)(C)C)C(C(=O)NCCCC)c1c(C)cccc1C. The van der Waals surface area contributed by atoms with Crippen molar-refractivity contribution in [3.05, 3.63) is 34.9 Å². The van der Waals surface area contributed by atoms with Gasteiger partial charge in [-0.3, -0.25) is 9.59 Å². The second-order valence-corrected chi connectivity index (χ2v) is 10.3. The number of alkyl carbamates (subject to hydrolysis) is 1. The number of amides is 3. The van der Waals surface area contributed by atoms with Crippen LogP contribution in [0.25, 0.3) is 0 Å². The first-order chi connectivity index (χ1) is 17.0. The summed E-state index contributed by atoms with van der Waals surface area (Å²) in [6.45, 7) is 13.4. The van der Waals surface area contributed by atoms with Gasteiger partial charge in [0, 0.05) is 13.1 Å². The standard InChI is InChI=1S/C28H47N3O5/c1-8-10-12-13-18-31(26(34)22(19-32)30-27(35)36-28(5,6)7)24(25(33)29-17-11-9-2)23-20(3)15-14-16-21(23)4/h14-16,22,24,32H,8-13,17-19H2,1-7H3,(H,29,33)(H,30,35). The largest absolute Gasteiger partial charge is 0.444 e. The maximum absolute atomic E-state index is 13.8. The van der Waals surface area contributed by atoms with Gasteiger partial charge in [-0.15, -0.1) is 0 Å². The number of nitrogens with zero attached hydrogens (tertiary/aromatic N) is 1. The fraction of sp³-hybridized carbons (Fsp3) is 0.679. The fourth-order valence-electron chi connectivity index (χ4n) is 4.08. The molecular formula is C28H47N3O5. The molecular weight excluding hydrogens is 458 g/mol. The molecule has 1 aromatic carbocycles. The normalized spacial score (nSPS) is 13.0. The Kier molecular flexibility index (Phi) is 13.5. The van der Waals surface area contributed by atoms with Gasteiger partial charge in [-0.2, -0.15) is 0 Å². The minimum atomic E-state index is -1.23. The topological polar surface area (TPSA) is 108 Å². The summed E-state index contributed by atoms with van der Waals surface area (Å²) in [4.78, 5) is 41.4. The predicted octanol–water partition coefficient (Wildman–Crippen LogP) is 4.56. The molecule has 0 fully saturated rings. The molecule has 3 N–H and O–H groups in total. The van der Waals surface area contributed by atoms with E-state index in [1.54, 1.807) is 20.8 Å². The van der Waals surface area contributed by atoms with E-state index in [9.17, 15) is 19.5 Å². The molecule has 3 amide bonds. The van der Waals surface area contributed by atoms with Crippen molar-refractivity contribution < 1.29 is 24.2 Å². The van der Waals surface area contributed by atoms with Gasteiger partial charge >= 0.3 is 6.09 Å². The van der Waals surface area contributed by atoms with Crippen molar-refractivity contribution in [3.8, 4) is 0 Å². The number of aliphatic hydroxyl groups is 1. The number of aryl methyl sites for hydroxylation is 2. The van der Waals surface area contributed by atoms with Gasteiger partial charge in [-0.25, -0.2) is 4.79 Å². The van der Waals surface area contributed by atoms with E-state index in [4.69, 9.17) is 4.74 Å². The number of nitrogens with one attached hydrogen (secondary N) is 2. The Morgan fingerprint density at radius 1 is 1.00 bits per heavy atom. The van der Waals surface area contributed by atoms with Gasteiger partial charge in [0.15, 0.2) is 0 Å². The summed E-state index contributed by atoms with van der Waals surface area (Å²) in [6.07, 6.45) is 4.62. The summed E-state index contributed by atoms with van der Waals surface area (Å²) < 4.78 is 5.30. The molecule has 8 heteroatoms. The molecule has 0 aliphatic carbocycles. The molecule has 0 bridgehead atoms. The van der Waals surface area contributed by atoms with E-state index < -0.39 is 36.3 Å². The van der Waals surface area contributed by atoms with E-state index in [1.807, 2.05) is 39.0 Å². The Hall–Kier alpha value is -2.61. The van der Waals surface area contributed by atoms with Crippen LogP contribution in [0.15, 0.2) is 18.2 Å². The molecule has 204 valence electrons. The molecule has 0 spiro atoms. The third-order valence-corrected chi connectivity index (χ3v) is 5.91. The average Bonchev–Trinajstić information content (AvgIpc) is 2.79. The summed E-state index contributed by atoms with van der Waals surface area (Å²) in [6, 6.07) is 3.66. The van der Waals surface area contributed by atoms with Crippen LogP contribution in [0.4, 0.5) is 4.79 Å². The maximum Gasteiger partial charge on any atom is 0.408 e. The highest BCUT2D eigenvalue weighted by Crippen LogP contribution is 2.29. The van der Waals surface area contributed by atoms with Crippen LogP contribution in [0.5, 0.6) is 0 Å². The van der Waals surface area contributed by atoms with Crippen molar-refractivity contribution in [2.75, 3.05) is 19.7 Å². The van der Waals surface area contributed by atoms with Crippen LogP contribution in [0, 0.1) is 13.8 Å². The lowest BCUT2D eigenvalue weighted by molar-refractivity contribution is -0.143. The van der Waals surface area contributed by atoms with E-state index in [0.717, 1.165) is 48.8 Å². The first kappa shape index (κ1) is 31.4. The van der Waals surface area contributed by atoms with Crippen molar-refractivity contribution in [2.45, 2.75) is 105 Å². The van der Waals surface area contributed by atoms with Crippen molar-refractivity contribution in [1.29, 1.82) is 0 Å². The smallest absolute Gasteiger partial charge is 0.408 e. The van der Waals surface area contributed by atoms with Crippen LogP contribution in [0.3, 0.4) is 0 Å². The lowest BCUT2D eigenvalue weighted by Crippen LogP contribution is -2.54. The highest BCUT2D eigenvalue weighted by molar-refractivity contribution is 5.92. The Bertz CT molecular complexity index is 830. The van der Waals surface area contributed by atoms with Crippen LogP contribution in [0.2, 0.25) is 0 Å². The summed E-state index contributed by atoms with van der Waals surface area (Å²) >= 11 is 0. The Morgan fingerprint density at radius 3 is 2.14 bits per heavy atom. The number of carbonyl (C=O) groups excluding carboxylic acids is 3.